The van der Waals surface area contributed by atoms with Crippen molar-refractivity contribution < 1.29 is 9.90 Å². The van der Waals surface area contributed by atoms with Gasteiger partial charge in [-0.3, -0.25) is 4.79 Å². The molecule has 0 bridgehead atoms. The predicted octanol–water partition coefficient (Wildman–Crippen LogP) is 3.35. The fourth-order valence-corrected chi connectivity index (χ4v) is 2.18. The molecule has 0 heterocycles. The Morgan fingerprint density at radius 2 is 2.28 bits per heavy atom. The van der Waals surface area contributed by atoms with Crippen LogP contribution in [0.3, 0.4) is 0 Å². The Morgan fingerprint density at radius 1 is 1.56 bits per heavy atom. The SMILES string of the molecule is CCC(CC1CC1)NC(=O)c1ccc(O)c(Cl)c1. The van der Waals surface area contributed by atoms with Crippen LogP contribution in [0.2, 0.25) is 5.02 Å². The van der Waals surface area contributed by atoms with Crippen molar-refractivity contribution in [2.75, 3.05) is 0 Å². The monoisotopic (exact) mass is 267 g/mol. The molecule has 0 aromatic heterocycles. The van der Waals surface area contributed by atoms with Gasteiger partial charge in [-0.25, -0.2) is 0 Å². The minimum Gasteiger partial charge on any atom is -0.506 e. The van der Waals surface area contributed by atoms with Crippen LogP contribution in [0, 0.1) is 5.92 Å². The maximum absolute atomic E-state index is 12.0. The average Bonchev–Trinajstić information content (AvgIpc) is 3.15. The third-order valence-corrected chi connectivity index (χ3v) is 3.66. The second-order valence-electron chi connectivity index (χ2n) is 4.92. The fourth-order valence-electron chi connectivity index (χ4n) is 2.00. The highest BCUT2D eigenvalue weighted by Crippen LogP contribution is 2.34. The van der Waals surface area contributed by atoms with Gasteiger partial charge in [-0.2, -0.15) is 0 Å². The van der Waals surface area contributed by atoms with Gasteiger partial charge in [0.1, 0.15) is 5.75 Å². The van der Waals surface area contributed by atoms with Crippen molar-refractivity contribution in [3.05, 3.63) is 28.8 Å². The summed E-state index contributed by atoms with van der Waals surface area (Å²) in [4.78, 5) is 12.0. The molecule has 1 aromatic carbocycles. The van der Waals surface area contributed by atoms with Crippen molar-refractivity contribution in [2.45, 2.75) is 38.6 Å². The zero-order valence-corrected chi connectivity index (χ0v) is 11.2. The van der Waals surface area contributed by atoms with E-state index in [2.05, 4.69) is 12.2 Å². The van der Waals surface area contributed by atoms with E-state index < -0.39 is 0 Å². The molecule has 1 aliphatic carbocycles. The van der Waals surface area contributed by atoms with Gasteiger partial charge < -0.3 is 10.4 Å². The largest absolute Gasteiger partial charge is 0.506 e. The summed E-state index contributed by atoms with van der Waals surface area (Å²) in [6.07, 6.45) is 4.58. The smallest absolute Gasteiger partial charge is 0.251 e. The van der Waals surface area contributed by atoms with Gasteiger partial charge in [-0.1, -0.05) is 31.4 Å². The van der Waals surface area contributed by atoms with Gasteiger partial charge in [0.15, 0.2) is 0 Å². The van der Waals surface area contributed by atoms with Gasteiger partial charge in [0.05, 0.1) is 5.02 Å². The molecule has 1 aromatic rings. The predicted molar refractivity (Wildman–Crippen MR) is 72.0 cm³/mol. The van der Waals surface area contributed by atoms with Crippen molar-refractivity contribution in [3.8, 4) is 5.75 Å². The third kappa shape index (κ3) is 3.39. The van der Waals surface area contributed by atoms with E-state index in [1.807, 2.05) is 0 Å². The van der Waals surface area contributed by atoms with Crippen LogP contribution in [0.25, 0.3) is 0 Å². The van der Waals surface area contributed by atoms with E-state index in [1.165, 1.54) is 25.0 Å². The Bertz CT molecular complexity index is 443. The molecule has 1 atom stereocenters. The maximum Gasteiger partial charge on any atom is 0.251 e. The van der Waals surface area contributed by atoms with Crippen molar-refractivity contribution in [1.29, 1.82) is 0 Å². The van der Waals surface area contributed by atoms with E-state index in [9.17, 15) is 9.90 Å². The van der Waals surface area contributed by atoms with Gasteiger partial charge in [0, 0.05) is 11.6 Å². The molecular weight excluding hydrogens is 250 g/mol. The van der Waals surface area contributed by atoms with Gasteiger partial charge >= 0.3 is 0 Å². The van der Waals surface area contributed by atoms with Gasteiger partial charge in [0.2, 0.25) is 0 Å². The Kier molecular flexibility index (Phi) is 4.12. The number of hydrogen-bond acceptors (Lipinski definition) is 2. The number of rotatable bonds is 5. The van der Waals surface area contributed by atoms with Crippen LogP contribution in [-0.4, -0.2) is 17.1 Å². The quantitative estimate of drug-likeness (QED) is 0.859. The highest BCUT2D eigenvalue weighted by molar-refractivity contribution is 6.32. The third-order valence-electron chi connectivity index (χ3n) is 3.35. The van der Waals surface area contributed by atoms with E-state index in [1.54, 1.807) is 6.07 Å². The number of amides is 1. The summed E-state index contributed by atoms with van der Waals surface area (Å²) in [5.41, 5.74) is 0.493. The molecule has 0 spiro atoms. The molecule has 2 rings (SSSR count). The second-order valence-corrected chi connectivity index (χ2v) is 5.33. The minimum atomic E-state index is -0.121. The molecule has 98 valence electrons. The van der Waals surface area contributed by atoms with E-state index >= 15 is 0 Å². The van der Waals surface area contributed by atoms with Crippen LogP contribution in [0.4, 0.5) is 0 Å². The number of carbonyl (C=O) groups excluding carboxylic acids is 1. The molecule has 4 heteroatoms. The van der Waals surface area contributed by atoms with Gasteiger partial charge in [-0.15, -0.1) is 0 Å². The summed E-state index contributed by atoms with van der Waals surface area (Å²) in [6.45, 7) is 2.08. The lowest BCUT2D eigenvalue weighted by molar-refractivity contribution is 0.0932. The zero-order valence-electron chi connectivity index (χ0n) is 10.4. The zero-order chi connectivity index (χ0) is 13.1. The number of halogens is 1. The molecule has 1 aliphatic rings. The van der Waals surface area contributed by atoms with E-state index in [4.69, 9.17) is 11.6 Å². The summed E-state index contributed by atoms with van der Waals surface area (Å²) in [6, 6.07) is 4.76. The van der Waals surface area contributed by atoms with Crippen LogP contribution < -0.4 is 5.32 Å². The summed E-state index contributed by atoms with van der Waals surface area (Å²) in [5, 5.41) is 12.5. The number of phenols is 1. The summed E-state index contributed by atoms with van der Waals surface area (Å²) >= 11 is 5.79. The van der Waals surface area contributed by atoms with Crippen LogP contribution >= 0.6 is 11.6 Å². The summed E-state index contributed by atoms with van der Waals surface area (Å²) in [7, 11) is 0. The number of nitrogens with one attached hydrogen (secondary N) is 1. The maximum atomic E-state index is 12.0. The average molecular weight is 268 g/mol. The molecule has 1 fully saturated rings. The second kappa shape index (κ2) is 5.61. The van der Waals surface area contributed by atoms with E-state index in [0.29, 0.717) is 5.56 Å². The Hall–Kier alpha value is -1.22. The molecule has 0 radical (unpaired) electrons. The lowest BCUT2D eigenvalue weighted by Crippen LogP contribution is -2.34. The van der Waals surface area contributed by atoms with Crippen molar-refractivity contribution in [2.24, 2.45) is 5.92 Å². The molecule has 1 amide bonds. The lowest BCUT2D eigenvalue weighted by atomic mass is 10.1. The molecule has 2 N–H and O–H groups in total. The first-order valence-corrected chi connectivity index (χ1v) is 6.77. The summed E-state index contributed by atoms with van der Waals surface area (Å²) < 4.78 is 0. The minimum absolute atomic E-state index is 0.00163. The van der Waals surface area contributed by atoms with E-state index in [-0.39, 0.29) is 22.7 Å². The van der Waals surface area contributed by atoms with Crippen LogP contribution in [-0.2, 0) is 0 Å². The number of phenolic OH excluding ortho intramolecular Hbond substituents is 1. The molecule has 0 aliphatic heterocycles. The van der Waals surface area contributed by atoms with E-state index in [0.717, 1.165) is 18.8 Å². The van der Waals surface area contributed by atoms with Crippen LogP contribution in [0.5, 0.6) is 5.75 Å². The Balaban J connectivity index is 1.98. The topological polar surface area (TPSA) is 49.3 Å². The molecule has 1 saturated carbocycles. The highest BCUT2D eigenvalue weighted by atomic mass is 35.5. The van der Waals surface area contributed by atoms with Crippen LogP contribution in [0.1, 0.15) is 43.0 Å². The van der Waals surface area contributed by atoms with Gasteiger partial charge in [-0.05, 0) is 37.0 Å². The lowest BCUT2D eigenvalue weighted by Gasteiger charge is -2.16. The molecule has 18 heavy (non-hydrogen) atoms. The van der Waals surface area contributed by atoms with Crippen molar-refractivity contribution >= 4 is 17.5 Å². The Morgan fingerprint density at radius 3 is 2.83 bits per heavy atom. The number of benzene rings is 1. The van der Waals surface area contributed by atoms with Crippen LogP contribution in [0.15, 0.2) is 18.2 Å². The first-order valence-electron chi connectivity index (χ1n) is 6.39. The Labute approximate surface area is 112 Å². The highest BCUT2D eigenvalue weighted by Gasteiger charge is 2.25. The number of hydrogen-bond donors (Lipinski definition) is 2. The van der Waals surface area contributed by atoms with Crippen molar-refractivity contribution in [3.63, 3.8) is 0 Å². The van der Waals surface area contributed by atoms with Crippen molar-refractivity contribution in [1.82, 2.24) is 5.32 Å². The standard InChI is InChI=1S/C14H18ClNO2/c1-2-11(7-9-3-4-9)16-14(18)10-5-6-13(17)12(15)8-10/h5-6,8-9,11,17H,2-4,7H2,1H3,(H,16,18). The molecule has 3 nitrogen and oxygen atoms in total. The molecule has 1 unspecified atom stereocenters. The van der Waals surface area contributed by atoms with Gasteiger partial charge in [0.25, 0.3) is 5.91 Å². The first-order chi connectivity index (χ1) is 8.60. The number of carbonyl (C=O) groups is 1. The number of aromatic hydroxyl groups is 1. The fraction of sp³-hybridized carbons (Fsp3) is 0.500. The summed E-state index contributed by atoms with van der Waals surface area (Å²) in [5.74, 6) is 0.668. The molecule has 0 saturated heterocycles. The first kappa shape index (κ1) is 13.2. The normalized spacial score (nSPS) is 16.3. The molecular formula is C14H18ClNO2.